The van der Waals surface area contributed by atoms with Crippen LogP contribution in [0.5, 0.6) is 0 Å². The summed E-state index contributed by atoms with van der Waals surface area (Å²) in [5.41, 5.74) is 3.23. The van der Waals surface area contributed by atoms with E-state index >= 15 is 0 Å². The summed E-state index contributed by atoms with van der Waals surface area (Å²) in [5.74, 6) is 1.69. The molecule has 106 valence electrons. The quantitative estimate of drug-likeness (QED) is 0.789. The number of rotatable bonds is 4. The van der Waals surface area contributed by atoms with E-state index in [1.807, 2.05) is 18.2 Å². The molecule has 1 aromatic carbocycles. The maximum absolute atomic E-state index is 4.69. The van der Waals surface area contributed by atoms with Gasteiger partial charge in [-0.25, -0.2) is 9.97 Å². The van der Waals surface area contributed by atoms with Gasteiger partial charge < -0.3 is 5.32 Å². The van der Waals surface area contributed by atoms with Gasteiger partial charge in [-0.2, -0.15) is 0 Å². The molecule has 2 rings (SSSR count). The van der Waals surface area contributed by atoms with E-state index in [4.69, 9.17) is 0 Å². The van der Waals surface area contributed by atoms with E-state index in [-0.39, 0.29) is 0 Å². The van der Waals surface area contributed by atoms with Crippen molar-refractivity contribution in [3.8, 4) is 11.4 Å². The molecule has 0 fully saturated rings. The van der Waals surface area contributed by atoms with Gasteiger partial charge in [-0.1, -0.05) is 6.92 Å². The van der Waals surface area contributed by atoms with E-state index in [2.05, 4.69) is 67.9 Å². The van der Waals surface area contributed by atoms with Crippen LogP contribution < -0.4 is 5.32 Å². The average Bonchev–Trinajstić information content (AvgIpc) is 2.44. The lowest BCUT2D eigenvalue weighted by Crippen LogP contribution is -2.07. The lowest BCUT2D eigenvalue weighted by molar-refractivity contribution is 0.970. The van der Waals surface area contributed by atoms with E-state index in [9.17, 15) is 0 Å². The summed E-state index contributed by atoms with van der Waals surface area (Å²) in [4.78, 5) is 9.34. The molecule has 1 N–H and O–H groups in total. The van der Waals surface area contributed by atoms with Gasteiger partial charge in [-0.05, 0) is 70.3 Å². The van der Waals surface area contributed by atoms with Gasteiger partial charge in [0.1, 0.15) is 5.82 Å². The van der Waals surface area contributed by atoms with Crippen LogP contribution >= 0.6 is 31.9 Å². The second kappa shape index (κ2) is 6.68. The third-order valence-corrected chi connectivity index (χ3v) is 4.98. The molecular formula is C15H17Br2N3. The van der Waals surface area contributed by atoms with Gasteiger partial charge in [-0.15, -0.1) is 0 Å². The number of anilines is 1. The highest BCUT2D eigenvalue weighted by Crippen LogP contribution is 2.29. The molecule has 1 heterocycles. The normalized spacial score (nSPS) is 10.7. The Labute approximate surface area is 136 Å². The van der Waals surface area contributed by atoms with Gasteiger partial charge in [0.05, 0.1) is 0 Å². The van der Waals surface area contributed by atoms with E-state index in [1.165, 1.54) is 0 Å². The minimum absolute atomic E-state index is 0.761. The maximum Gasteiger partial charge on any atom is 0.161 e. The Bertz CT molecular complexity index is 627. The summed E-state index contributed by atoms with van der Waals surface area (Å²) >= 11 is 7.01. The Morgan fingerprint density at radius 3 is 2.45 bits per heavy atom. The summed E-state index contributed by atoms with van der Waals surface area (Å²) in [6.45, 7) is 7.11. The third-order valence-electron chi connectivity index (χ3n) is 3.10. The van der Waals surface area contributed by atoms with Crippen molar-refractivity contribution in [1.82, 2.24) is 9.97 Å². The smallest absolute Gasteiger partial charge is 0.161 e. The molecule has 0 radical (unpaired) electrons. The molecule has 1 aromatic heterocycles. The van der Waals surface area contributed by atoms with Crippen LogP contribution in [0.2, 0.25) is 0 Å². The van der Waals surface area contributed by atoms with Crippen molar-refractivity contribution in [3.63, 3.8) is 0 Å². The lowest BCUT2D eigenvalue weighted by Gasteiger charge is -2.12. The molecule has 0 saturated carbocycles. The second-order valence-electron chi connectivity index (χ2n) is 4.48. The molecule has 20 heavy (non-hydrogen) atoms. The third kappa shape index (κ3) is 3.20. The van der Waals surface area contributed by atoms with Gasteiger partial charge in [0.25, 0.3) is 0 Å². The first-order valence-electron chi connectivity index (χ1n) is 6.63. The monoisotopic (exact) mass is 397 g/mol. The predicted molar refractivity (Wildman–Crippen MR) is 91.1 cm³/mol. The van der Waals surface area contributed by atoms with Crippen LogP contribution in [0.4, 0.5) is 5.82 Å². The summed E-state index contributed by atoms with van der Waals surface area (Å²) in [7, 11) is 0. The number of nitrogens with one attached hydrogen (secondary N) is 1. The second-order valence-corrected chi connectivity index (χ2v) is 6.19. The molecule has 0 atom stereocenters. The molecule has 0 amide bonds. The summed E-state index contributed by atoms with van der Waals surface area (Å²) in [6.07, 6.45) is 0.900. The standard InChI is InChI=1S/C15H17Br2N3/c1-4-13-9(3)14(18-5-2)20-15(19-13)10-6-7-11(16)12(17)8-10/h6-8H,4-5H2,1-3H3,(H,18,19,20). The number of halogens is 2. The highest BCUT2D eigenvalue weighted by Gasteiger charge is 2.11. The van der Waals surface area contributed by atoms with Gasteiger partial charge >= 0.3 is 0 Å². The Morgan fingerprint density at radius 2 is 1.85 bits per heavy atom. The summed E-state index contributed by atoms with van der Waals surface area (Å²) in [5, 5.41) is 3.31. The number of aromatic nitrogens is 2. The Hall–Kier alpha value is -0.940. The molecule has 0 spiro atoms. The zero-order valence-corrected chi connectivity index (χ0v) is 15.0. The first-order valence-corrected chi connectivity index (χ1v) is 8.22. The van der Waals surface area contributed by atoms with Crippen molar-refractivity contribution in [3.05, 3.63) is 38.4 Å². The first kappa shape index (κ1) is 15.4. The number of hydrogen-bond donors (Lipinski definition) is 1. The number of aryl methyl sites for hydroxylation is 1. The van der Waals surface area contributed by atoms with E-state index in [1.54, 1.807) is 0 Å². The van der Waals surface area contributed by atoms with Crippen LogP contribution in [-0.2, 0) is 6.42 Å². The van der Waals surface area contributed by atoms with Crippen LogP contribution in [0.1, 0.15) is 25.1 Å². The minimum atomic E-state index is 0.761. The van der Waals surface area contributed by atoms with Crippen molar-refractivity contribution in [2.75, 3.05) is 11.9 Å². The Balaban J connectivity index is 2.55. The van der Waals surface area contributed by atoms with Crippen molar-refractivity contribution in [1.29, 1.82) is 0 Å². The summed E-state index contributed by atoms with van der Waals surface area (Å²) in [6, 6.07) is 6.06. The number of nitrogens with zero attached hydrogens (tertiary/aromatic N) is 2. The zero-order valence-electron chi connectivity index (χ0n) is 11.8. The van der Waals surface area contributed by atoms with Gasteiger partial charge in [0.2, 0.25) is 0 Å². The van der Waals surface area contributed by atoms with Gasteiger partial charge in [0, 0.05) is 32.3 Å². The van der Waals surface area contributed by atoms with Crippen LogP contribution in [-0.4, -0.2) is 16.5 Å². The molecule has 0 bridgehead atoms. The number of benzene rings is 1. The first-order chi connectivity index (χ1) is 9.56. The van der Waals surface area contributed by atoms with Crippen LogP contribution in [0.25, 0.3) is 11.4 Å². The van der Waals surface area contributed by atoms with Gasteiger partial charge in [0.15, 0.2) is 5.82 Å². The Morgan fingerprint density at radius 1 is 1.10 bits per heavy atom. The van der Waals surface area contributed by atoms with Crippen molar-refractivity contribution < 1.29 is 0 Å². The minimum Gasteiger partial charge on any atom is -0.370 e. The van der Waals surface area contributed by atoms with Crippen LogP contribution in [0.15, 0.2) is 27.1 Å². The highest BCUT2D eigenvalue weighted by molar-refractivity contribution is 9.13. The molecule has 0 aliphatic carbocycles. The van der Waals surface area contributed by atoms with Crippen molar-refractivity contribution in [2.24, 2.45) is 0 Å². The fourth-order valence-corrected chi connectivity index (χ4v) is 2.64. The SMILES string of the molecule is CCNc1nc(-c2ccc(Br)c(Br)c2)nc(CC)c1C. The van der Waals surface area contributed by atoms with E-state index < -0.39 is 0 Å². The largest absolute Gasteiger partial charge is 0.370 e. The topological polar surface area (TPSA) is 37.8 Å². The van der Waals surface area contributed by atoms with E-state index in [0.29, 0.717) is 0 Å². The molecular weight excluding hydrogens is 382 g/mol. The molecule has 3 nitrogen and oxygen atoms in total. The fourth-order valence-electron chi connectivity index (χ4n) is 2.01. The van der Waals surface area contributed by atoms with Crippen LogP contribution in [0.3, 0.4) is 0 Å². The fraction of sp³-hybridized carbons (Fsp3) is 0.333. The van der Waals surface area contributed by atoms with Crippen molar-refractivity contribution >= 4 is 37.7 Å². The molecule has 0 unspecified atom stereocenters. The molecule has 0 saturated heterocycles. The molecule has 0 aliphatic heterocycles. The molecule has 2 aromatic rings. The Kier molecular flexibility index (Phi) is 5.16. The maximum atomic E-state index is 4.69. The lowest BCUT2D eigenvalue weighted by atomic mass is 10.1. The van der Waals surface area contributed by atoms with Crippen molar-refractivity contribution in [2.45, 2.75) is 27.2 Å². The molecule has 0 aliphatic rings. The highest BCUT2D eigenvalue weighted by atomic mass is 79.9. The zero-order chi connectivity index (χ0) is 14.7. The predicted octanol–water partition coefficient (Wildman–Crippen LogP) is 4.97. The molecule has 5 heteroatoms. The average molecular weight is 399 g/mol. The number of hydrogen-bond acceptors (Lipinski definition) is 3. The summed E-state index contributed by atoms with van der Waals surface area (Å²) < 4.78 is 2.03. The van der Waals surface area contributed by atoms with E-state index in [0.717, 1.165) is 50.4 Å². The van der Waals surface area contributed by atoms with Crippen LogP contribution in [0, 0.1) is 6.92 Å². The van der Waals surface area contributed by atoms with Gasteiger partial charge in [-0.3, -0.25) is 0 Å².